The van der Waals surface area contributed by atoms with Crippen molar-refractivity contribution < 1.29 is 9.53 Å². The largest absolute Gasteiger partial charge is 0.465 e. The van der Waals surface area contributed by atoms with Crippen LogP contribution in [0.3, 0.4) is 0 Å². The Kier molecular flexibility index (Phi) is 16.0. The zero-order chi connectivity index (χ0) is 17.3. The third-order valence-corrected chi connectivity index (χ3v) is 4.76. The summed E-state index contributed by atoms with van der Waals surface area (Å²) in [6.07, 6.45) is 15.3. The lowest BCUT2D eigenvalue weighted by atomic mass is 9.93. The molecule has 0 radical (unpaired) electrons. The molecule has 2 unspecified atom stereocenters. The molecule has 2 heteroatoms. The molecule has 0 amide bonds. The minimum absolute atomic E-state index is 0.0385. The number of carbonyl (C=O) groups is 1. The van der Waals surface area contributed by atoms with Gasteiger partial charge in [0.15, 0.2) is 0 Å². The Labute approximate surface area is 145 Å². The second-order valence-corrected chi connectivity index (χ2v) is 7.19. The normalized spacial score (nSPS) is 13.7. The van der Waals surface area contributed by atoms with Crippen molar-refractivity contribution in [2.75, 3.05) is 6.61 Å². The second kappa shape index (κ2) is 16.3. The Bertz CT molecular complexity index is 263. The Hall–Kier alpha value is -0.530. The topological polar surface area (TPSA) is 26.3 Å². The van der Waals surface area contributed by atoms with E-state index in [9.17, 15) is 4.79 Å². The van der Waals surface area contributed by atoms with E-state index in [0.29, 0.717) is 24.9 Å². The summed E-state index contributed by atoms with van der Waals surface area (Å²) in [5.41, 5.74) is 0. The SMILES string of the molecule is CCCCCC(CCC)COC(=O)CC(CCC)CCCCC. The molecule has 0 aromatic rings. The summed E-state index contributed by atoms with van der Waals surface area (Å²) in [6.45, 7) is 9.55. The van der Waals surface area contributed by atoms with Crippen molar-refractivity contribution in [2.24, 2.45) is 11.8 Å². The van der Waals surface area contributed by atoms with Crippen LogP contribution in [-0.2, 0) is 9.53 Å². The average Bonchev–Trinajstić information content (AvgIpc) is 2.53. The Morgan fingerprint density at radius 2 is 1.22 bits per heavy atom. The highest BCUT2D eigenvalue weighted by Gasteiger charge is 2.16. The number of hydrogen-bond acceptors (Lipinski definition) is 2. The molecule has 0 saturated carbocycles. The first-order valence-electron chi connectivity index (χ1n) is 10.3. The molecule has 0 aliphatic carbocycles. The summed E-state index contributed by atoms with van der Waals surface area (Å²) < 4.78 is 5.63. The van der Waals surface area contributed by atoms with Crippen LogP contribution in [0.4, 0.5) is 0 Å². The highest BCUT2D eigenvalue weighted by atomic mass is 16.5. The molecule has 0 rings (SSSR count). The minimum Gasteiger partial charge on any atom is -0.465 e. The molecule has 0 fully saturated rings. The lowest BCUT2D eigenvalue weighted by Crippen LogP contribution is -2.17. The monoisotopic (exact) mass is 326 g/mol. The van der Waals surface area contributed by atoms with E-state index in [0.717, 1.165) is 6.42 Å². The van der Waals surface area contributed by atoms with Crippen LogP contribution < -0.4 is 0 Å². The number of rotatable bonds is 16. The van der Waals surface area contributed by atoms with Gasteiger partial charge in [0.25, 0.3) is 0 Å². The van der Waals surface area contributed by atoms with Crippen LogP contribution in [0.15, 0.2) is 0 Å². The predicted octanol–water partition coefficient (Wildman–Crippen LogP) is 6.91. The molecular weight excluding hydrogens is 284 g/mol. The Morgan fingerprint density at radius 3 is 1.74 bits per heavy atom. The van der Waals surface area contributed by atoms with Crippen LogP contribution in [0.5, 0.6) is 0 Å². The van der Waals surface area contributed by atoms with Gasteiger partial charge in [-0.3, -0.25) is 4.79 Å². The fourth-order valence-corrected chi connectivity index (χ4v) is 3.35. The van der Waals surface area contributed by atoms with Crippen LogP contribution in [0.1, 0.15) is 111 Å². The molecular formula is C21H42O2. The molecule has 2 atom stereocenters. The van der Waals surface area contributed by atoms with Crippen molar-refractivity contribution >= 4 is 5.97 Å². The summed E-state index contributed by atoms with van der Waals surface area (Å²) in [7, 11) is 0. The van der Waals surface area contributed by atoms with Crippen molar-refractivity contribution in [3.63, 3.8) is 0 Å². The van der Waals surface area contributed by atoms with Crippen molar-refractivity contribution in [3.8, 4) is 0 Å². The number of unbranched alkanes of at least 4 members (excludes halogenated alkanes) is 4. The third-order valence-electron chi connectivity index (χ3n) is 4.76. The molecule has 0 heterocycles. The van der Waals surface area contributed by atoms with Gasteiger partial charge in [0, 0.05) is 6.42 Å². The maximum Gasteiger partial charge on any atom is 0.306 e. The van der Waals surface area contributed by atoms with Gasteiger partial charge in [0.1, 0.15) is 0 Å². The zero-order valence-corrected chi connectivity index (χ0v) is 16.4. The summed E-state index contributed by atoms with van der Waals surface area (Å²) in [6, 6.07) is 0. The molecule has 0 N–H and O–H groups in total. The van der Waals surface area contributed by atoms with E-state index >= 15 is 0 Å². The maximum absolute atomic E-state index is 12.2. The second-order valence-electron chi connectivity index (χ2n) is 7.19. The van der Waals surface area contributed by atoms with E-state index in [1.807, 2.05) is 0 Å². The van der Waals surface area contributed by atoms with Crippen molar-refractivity contribution in [3.05, 3.63) is 0 Å². The van der Waals surface area contributed by atoms with Gasteiger partial charge in [-0.05, 0) is 31.1 Å². The van der Waals surface area contributed by atoms with Gasteiger partial charge >= 0.3 is 5.97 Å². The average molecular weight is 327 g/mol. The Balaban J connectivity index is 4.09. The van der Waals surface area contributed by atoms with Gasteiger partial charge in [-0.2, -0.15) is 0 Å². The highest BCUT2D eigenvalue weighted by molar-refractivity contribution is 5.69. The summed E-state index contributed by atoms with van der Waals surface area (Å²) >= 11 is 0. The standard InChI is InChI=1S/C21H42O2/c1-5-9-11-15-19(13-7-3)17-21(22)23-18-20(14-8-4)16-12-10-6-2/h19-20H,5-18H2,1-4H3. The fourth-order valence-electron chi connectivity index (χ4n) is 3.35. The molecule has 0 aliphatic rings. The number of hydrogen-bond donors (Lipinski definition) is 0. The van der Waals surface area contributed by atoms with E-state index in [-0.39, 0.29) is 5.97 Å². The van der Waals surface area contributed by atoms with Crippen molar-refractivity contribution in [1.29, 1.82) is 0 Å². The molecule has 138 valence electrons. The van der Waals surface area contributed by atoms with E-state index < -0.39 is 0 Å². The molecule has 0 spiro atoms. The first-order chi connectivity index (χ1) is 11.2. The smallest absolute Gasteiger partial charge is 0.306 e. The molecule has 0 aromatic carbocycles. The molecule has 23 heavy (non-hydrogen) atoms. The molecule has 0 aromatic heterocycles. The van der Waals surface area contributed by atoms with Gasteiger partial charge < -0.3 is 4.74 Å². The van der Waals surface area contributed by atoms with Gasteiger partial charge in [0.2, 0.25) is 0 Å². The summed E-state index contributed by atoms with van der Waals surface area (Å²) in [4.78, 5) is 12.2. The van der Waals surface area contributed by atoms with Crippen LogP contribution in [0, 0.1) is 11.8 Å². The van der Waals surface area contributed by atoms with Gasteiger partial charge in [0.05, 0.1) is 6.61 Å². The Morgan fingerprint density at radius 1 is 0.696 bits per heavy atom. The summed E-state index contributed by atoms with van der Waals surface area (Å²) in [5.74, 6) is 1.14. The van der Waals surface area contributed by atoms with Crippen LogP contribution in [0.2, 0.25) is 0 Å². The zero-order valence-electron chi connectivity index (χ0n) is 16.4. The fraction of sp³-hybridized carbons (Fsp3) is 0.952. The van der Waals surface area contributed by atoms with E-state index in [1.54, 1.807) is 0 Å². The van der Waals surface area contributed by atoms with Crippen molar-refractivity contribution in [1.82, 2.24) is 0 Å². The number of esters is 1. The molecule has 0 bridgehead atoms. The quantitative estimate of drug-likeness (QED) is 0.227. The van der Waals surface area contributed by atoms with Gasteiger partial charge in [-0.1, -0.05) is 85.5 Å². The van der Waals surface area contributed by atoms with E-state index in [4.69, 9.17) is 4.74 Å². The highest BCUT2D eigenvalue weighted by Crippen LogP contribution is 2.21. The van der Waals surface area contributed by atoms with Crippen LogP contribution in [0.25, 0.3) is 0 Å². The minimum atomic E-state index is 0.0385. The van der Waals surface area contributed by atoms with Crippen LogP contribution in [-0.4, -0.2) is 12.6 Å². The molecule has 2 nitrogen and oxygen atoms in total. The molecule has 0 aliphatic heterocycles. The van der Waals surface area contributed by atoms with Gasteiger partial charge in [-0.25, -0.2) is 0 Å². The first-order valence-corrected chi connectivity index (χ1v) is 10.3. The predicted molar refractivity (Wildman–Crippen MR) is 101 cm³/mol. The van der Waals surface area contributed by atoms with Crippen molar-refractivity contribution in [2.45, 2.75) is 111 Å². The maximum atomic E-state index is 12.2. The van der Waals surface area contributed by atoms with Crippen LogP contribution >= 0.6 is 0 Å². The number of ether oxygens (including phenoxy) is 1. The molecule has 0 saturated heterocycles. The first kappa shape index (κ1) is 22.5. The lowest BCUT2D eigenvalue weighted by molar-refractivity contribution is -0.146. The van der Waals surface area contributed by atoms with Gasteiger partial charge in [-0.15, -0.1) is 0 Å². The summed E-state index contributed by atoms with van der Waals surface area (Å²) in [5, 5.41) is 0. The van der Waals surface area contributed by atoms with E-state index in [2.05, 4.69) is 27.7 Å². The van der Waals surface area contributed by atoms with E-state index in [1.165, 1.54) is 70.6 Å². The third kappa shape index (κ3) is 13.6. The number of carbonyl (C=O) groups excluding carboxylic acids is 1. The lowest BCUT2D eigenvalue weighted by Gasteiger charge is -2.18.